The summed E-state index contributed by atoms with van der Waals surface area (Å²) in [5.74, 6) is -0.397. The third-order valence-electron chi connectivity index (χ3n) is 3.22. The van der Waals surface area contributed by atoms with Crippen LogP contribution in [0.2, 0.25) is 5.02 Å². The molecule has 6 heteroatoms. The largest absolute Gasteiger partial charge is 0.329 e. The number of para-hydroxylation sites is 1. The number of anilines is 1. The van der Waals surface area contributed by atoms with Crippen LogP contribution in [0.25, 0.3) is 0 Å². The van der Waals surface area contributed by atoms with Gasteiger partial charge in [-0.1, -0.05) is 29.8 Å². The van der Waals surface area contributed by atoms with E-state index in [1.54, 1.807) is 48.5 Å². The molecule has 3 amide bonds. The Morgan fingerprint density at radius 1 is 1.05 bits per heavy atom. The summed E-state index contributed by atoms with van der Waals surface area (Å²) in [5.41, 5.74) is 1.29. The van der Waals surface area contributed by atoms with Gasteiger partial charge in [0.1, 0.15) is 0 Å². The molecule has 1 heterocycles. The quantitative estimate of drug-likeness (QED) is 0.699. The van der Waals surface area contributed by atoms with Gasteiger partial charge in [-0.15, -0.1) is 0 Å². The van der Waals surface area contributed by atoms with E-state index in [0.29, 0.717) is 16.4 Å². The first-order valence-electron chi connectivity index (χ1n) is 6.64. The van der Waals surface area contributed by atoms with Crippen LogP contribution >= 0.6 is 11.6 Å². The molecule has 0 unspecified atom stereocenters. The van der Waals surface area contributed by atoms with Crippen molar-refractivity contribution in [3.05, 3.63) is 59.6 Å². The number of imide groups is 1. The summed E-state index contributed by atoms with van der Waals surface area (Å²) < 4.78 is 0. The Kier molecular flexibility index (Phi) is 3.89. The molecule has 1 fully saturated rings. The van der Waals surface area contributed by atoms with Crippen molar-refractivity contribution in [2.24, 2.45) is 4.99 Å². The maximum Gasteiger partial charge on any atom is 0.329 e. The number of nitrogens with zero attached hydrogens (tertiary/aromatic N) is 2. The molecule has 0 aromatic heterocycles. The Balaban J connectivity index is 1.88. The molecule has 1 aliphatic rings. The smallest absolute Gasteiger partial charge is 0.277 e. The van der Waals surface area contributed by atoms with Crippen LogP contribution in [0.3, 0.4) is 0 Å². The first-order chi connectivity index (χ1) is 10.6. The topological polar surface area (TPSA) is 61.8 Å². The molecule has 0 spiro atoms. The Hall–Kier alpha value is -2.66. The van der Waals surface area contributed by atoms with Crippen LogP contribution in [0.15, 0.2) is 59.6 Å². The first-order valence-corrected chi connectivity index (χ1v) is 7.02. The SMILES string of the molecule is O=C1NC(=O)N(c2ccccc2)[C@@H]1C=Nc1ccc(Cl)cc1. The van der Waals surface area contributed by atoms with E-state index in [2.05, 4.69) is 10.3 Å². The number of hydrogen-bond acceptors (Lipinski definition) is 3. The summed E-state index contributed by atoms with van der Waals surface area (Å²) in [6, 6.07) is 14.7. The normalized spacial score (nSPS) is 18.0. The maximum absolute atomic E-state index is 12.0. The number of benzene rings is 2. The molecule has 5 nitrogen and oxygen atoms in total. The number of rotatable bonds is 3. The molecule has 1 N–H and O–H groups in total. The van der Waals surface area contributed by atoms with Crippen molar-refractivity contribution in [1.82, 2.24) is 5.32 Å². The number of nitrogens with one attached hydrogen (secondary N) is 1. The highest BCUT2D eigenvalue weighted by Gasteiger charge is 2.38. The van der Waals surface area contributed by atoms with Gasteiger partial charge in [-0.2, -0.15) is 0 Å². The lowest BCUT2D eigenvalue weighted by molar-refractivity contribution is -0.118. The summed E-state index contributed by atoms with van der Waals surface area (Å²) in [7, 11) is 0. The van der Waals surface area contributed by atoms with Crippen LogP contribution in [0.5, 0.6) is 0 Å². The molecular weight excluding hydrogens is 302 g/mol. The van der Waals surface area contributed by atoms with E-state index in [0.717, 1.165) is 0 Å². The zero-order chi connectivity index (χ0) is 15.5. The van der Waals surface area contributed by atoms with E-state index in [1.165, 1.54) is 11.1 Å². The van der Waals surface area contributed by atoms with Crippen LogP contribution < -0.4 is 10.2 Å². The van der Waals surface area contributed by atoms with Gasteiger partial charge >= 0.3 is 6.03 Å². The summed E-state index contributed by atoms with van der Waals surface area (Å²) in [5, 5.41) is 2.91. The molecule has 1 saturated heterocycles. The van der Waals surface area contributed by atoms with Crippen LogP contribution in [-0.4, -0.2) is 24.2 Å². The van der Waals surface area contributed by atoms with Gasteiger partial charge in [0.2, 0.25) is 0 Å². The second-order valence-corrected chi connectivity index (χ2v) is 5.14. The molecule has 22 heavy (non-hydrogen) atoms. The molecular formula is C16H12ClN3O2. The van der Waals surface area contributed by atoms with Crippen LogP contribution in [0.4, 0.5) is 16.2 Å². The summed E-state index contributed by atoms with van der Waals surface area (Å²) >= 11 is 5.82. The number of urea groups is 1. The van der Waals surface area contributed by atoms with Crippen LogP contribution in [0.1, 0.15) is 0 Å². The van der Waals surface area contributed by atoms with Gasteiger partial charge in [0.05, 0.1) is 5.69 Å². The zero-order valence-electron chi connectivity index (χ0n) is 11.4. The van der Waals surface area contributed by atoms with Gasteiger partial charge in [-0.05, 0) is 36.4 Å². The average molecular weight is 314 g/mol. The monoisotopic (exact) mass is 313 g/mol. The van der Waals surface area contributed by atoms with Crippen molar-refractivity contribution < 1.29 is 9.59 Å². The fourth-order valence-corrected chi connectivity index (χ4v) is 2.29. The van der Waals surface area contributed by atoms with E-state index in [4.69, 9.17) is 11.6 Å². The molecule has 1 aliphatic heterocycles. The minimum Gasteiger partial charge on any atom is -0.277 e. The Bertz CT molecular complexity index is 729. The standard InChI is InChI=1S/C16H12ClN3O2/c17-11-6-8-12(9-7-11)18-10-14-15(21)19-16(22)20(14)13-4-2-1-3-5-13/h1-10,14H,(H,19,21,22)/t14-/m1/s1. The number of amides is 3. The lowest BCUT2D eigenvalue weighted by atomic mass is 10.2. The Morgan fingerprint density at radius 3 is 2.41 bits per heavy atom. The predicted octanol–water partition coefficient (Wildman–Crippen LogP) is 3.17. The van der Waals surface area contributed by atoms with Crippen LogP contribution in [-0.2, 0) is 4.79 Å². The van der Waals surface area contributed by atoms with Gasteiger partial charge in [0.25, 0.3) is 5.91 Å². The molecule has 110 valence electrons. The molecule has 1 atom stereocenters. The highest BCUT2D eigenvalue weighted by Crippen LogP contribution is 2.21. The summed E-state index contributed by atoms with van der Waals surface area (Å²) in [6.07, 6.45) is 1.45. The van der Waals surface area contributed by atoms with Gasteiger partial charge in [0, 0.05) is 16.9 Å². The summed E-state index contributed by atoms with van der Waals surface area (Å²) in [6.45, 7) is 0. The summed E-state index contributed by atoms with van der Waals surface area (Å²) in [4.78, 5) is 29.6. The Morgan fingerprint density at radius 2 is 1.73 bits per heavy atom. The van der Waals surface area contributed by atoms with Crippen molar-refractivity contribution in [3.8, 4) is 0 Å². The van der Waals surface area contributed by atoms with Gasteiger partial charge in [-0.3, -0.25) is 20.0 Å². The molecule has 2 aromatic carbocycles. The minimum absolute atomic E-state index is 0.397. The number of carbonyl (C=O) groups is 2. The predicted molar refractivity (Wildman–Crippen MR) is 85.9 cm³/mol. The fraction of sp³-hybridized carbons (Fsp3) is 0.0625. The van der Waals surface area contributed by atoms with Gasteiger partial charge < -0.3 is 0 Å². The van der Waals surface area contributed by atoms with E-state index >= 15 is 0 Å². The fourth-order valence-electron chi connectivity index (χ4n) is 2.17. The molecule has 0 bridgehead atoms. The Labute approximate surface area is 132 Å². The lowest BCUT2D eigenvalue weighted by Crippen LogP contribution is -2.36. The number of halogens is 1. The zero-order valence-corrected chi connectivity index (χ0v) is 12.2. The number of aliphatic imine (C=N–C) groups is 1. The second-order valence-electron chi connectivity index (χ2n) is 4.70. The van der Waals surface area contributed by atoms with Crippen molar-refractivity contribution in [1.29, 1.82) is 0 Å². The third kappa shape index (κ3) is 2.84. The number of carbonyl (C=O) groups excluding carboxylic acids is 2. The molecule has 0 radical (unpaired) electrons. The lowest BCUT2D eigenvalue weighted by Gasteiger charge is -2.18. The molecule has 0 saturated carbocycles. The van der Waals surface area contributed by atoms with E-state index < -0.39 is 18.0 Å². The third-order valence-corrected chi connectivity index (χ3v) is 3.47. The minimum atomic E-state index is -0.773. The van der Waals surface area contributed by atoms with Crippen LogP contribution in [0, 0.1) is 0 Å². The number of hydrogen-bond donors (Lipinski definition) is 1. The molecule has 2 aromatic rings. The van der Waals surface area contributed by atoms with Gasteiger partial charge in [0.15, 0.2) is 6.04 Å². The highest BCUT2D eigenvalue weighted by molar-refractivity contribution is 6.30. The van der Waals surface area contributed by atoms with E-state index in [1.807, 2.05) is 6.07 Å². The van der Waals surface area contributed by atoms with Crippen molar-refractivity contribution >= 4 is 41.1 Å². The highest BCUT2D eigenvalue weighted by atomic mass is 35.5. The van der Waals surface area contributed by atoms with Crippen molar-refractivity contribution in [2.45, 2.75) is 6.04 Å². The van der Waals surface area contributed by atoms with E-state index in [-0.39, 0.29) is 0 Å². The van der Waals surface area contributed by atoms with Crippen molar-refractivity contribution in [2.75, 3.05) is 4.90 Å². The van der Waals surface area contributed by atoms with Gasteiger partial charge in [-0.25, -0.2) is 4.79 Å². The molecule has 0 aliphatic carbocycles. The first kappa shape index (κ1) is 14.3. The maximum atomic E-state index is 12.0. The average Bonchev–Trinajstić information content (AvgIpc) is 2.81. The van der Waals surface area contributed by atoms with E-state index in [9.17, 15) is 9.59 Å². The van der Waals surface area contributed by atoms with Crippen molar-refractivity contribution in [3.63, 3.8) is 0 Å². The second kappa shape index (κ2) is 5.99. The molecule has 3 rings (SSSR count).